The number of hydrogen-bond donors (Lipinski definition) is 8. The molecule has 0 bridgehead atoms. The summed E-state index contributed by atoms with van der Waals surface area (Å²) in [4.78, 5) is 71.3. The lowest BCUT2D eigenvalue weighted by molar-refractivity contribution is -0.135. The summed E-state index contributed by atoms with van der Waals surface area (Å²) >= 11 is 0. The Morgan fingerprint density at radius 2 is 1.34 bits per heavy atom. The SMILES string of the molecule is CC(C)C[C@@H]1NC(=O)[C@@H](C(C)C)NC(=O)[C@H](CCCCN)NC(=O)[C@@H](CS(=O)(=O)O)NC(=O)[C@@H](Cc2c[nH]c3ccccc23)NC1=O. The van der Waals surface area contributed by atoms with Gasteiger partial charge in [-0.2, -0.15) is 8.42 Å². The van der Waals surface area contributed by atoms with Gasteiger partial charge in [0.25, 0.3) is 10.1 Å². The zero-order chi connectivity index (χ0) is 34.9. The quantitative estimate of drug-likeness (QED) is 0.116. The van der Waals surface area contributed by atoms with Crippen LogP contribution in [0, 0.1) is 11.8 Å². The van der Waals surface area contributed by atoms with Crippen molar-refractivity contribution in [3.8, 4) is 0 Å². The summed E-state index contributed by atoms with van der Waals surface area (Å²) in [5.74, 6) is -5.69. The number of rotatable bonds is 11. The predicted octanol–water partition coefficient (Wildman–Crippen LogP) is -0.133. The van der Waals surface area contributed by atoms with E-state index in [2.05, 4.69) is 31.6 Å². The molecule has 1 aromatic carbocycles. The fourth-order valence-electron chi connectivity index (χ4n) is 5.45. The minimum absolute atomic E-state index is 0.0611. The van der Waals surface area contributed by atoms with E-state index in [0.717, 1.165) is 10.9 Å². The third-order valence-electron chi connectivity index (χ3n) is 7.91. The first-order valence-electron chi connectivity index (χ1n) is 15.8. The van der Waals surface area contributed by atoms with Gasteiger partial charge in [0.1, 0.15) is 36.0 Å². The van der Waals surface area contributed by atoms with Crippen LogP contribution in [0.5, 0.6) is 0 Å². The van der Waals surface area contributed by atoms with Gasteiger partial charge >= 0.3 is 0 Å². The van der Waals surface area contributed by atoms with E-state index in [1.165, 1.54) is 0 Å². The Balaban J connectivity index is 2.10. The summed E-state index contributed by atoms with van der Waals surface area (Å²) in [6, 6.07) is 0.688. The molecular formula is C31H47N7O8S. The van der Waals surface area contributed by atoms with Crippen LogP contribution in [0.1, 0.15) is 58.9 Å². The molecule has 0 unspecified atom stereocenters. The highest BCUT2D eigenvalue weighted by molar-refractivity contribution is 7.85. The molecule has 3 rings (SSSR count). The number of unbranched alkanes of at least 4 members (excludes halogenated alkanes) is 1. The van der Waals surface area contributed by atoms with Gasteiger partial charge in [-0.3, -0.25) is 28.5 Å². The fourth-order valence-corrected chi connectivity index (χ4v) is 6.11. The lowest BCUT2D eigenvalue weighted by Gasteiger charge is -2.28. The Morgan fingerprint density at radius 3 is 1.98 bits per heavy atom. The molecule has 1 aliphatic heterocycles. The molecule has 1 aromatic heterocycles. The van der Waals surface area contributed by atoms with Crippen molar-refractivity contribution in [2.75, 3.05) is 12.3 Å². The van der Waals surface area contributed by atoms with Crippen molar-refractivity contribution in [2.24, 2.45) is 17.6 Å². The molecule has 5 amide bonds. The smallest absolute Gasteiger partial charge is 0.267 e. The number of fused-ring (bicyclic) bond motifs is 1. The minimum Gasteiger partial charge on any atom is -0.361 e. The summed E-state index contributed by atoms with van der Waals surface area (Å²) in [6.07, 6.45) is 2.81. The Bertz CT molecular complexity index is 1540. The average molecular weight is 678 g/mol. The maximum atomic E-state index is 13.8. The highest BCUT2D eigenvalue weighted by Gasteiger charge is 2.36. The lowest BCUT2D eigenvalue weighted by Crippen LogP contribution is -2.59. The Kier molecular flexibility index (Phi) is 13.3. The van der Waals surface area contributed by atoms with Crippen molar-refractivity contribution in [3.63, 3.8) is 0 Å². The molecule has 16 heteroatoms. The minimum atomic E-state index is -4.81. The number of aromatic nitrogens is 1. The predicted molar refractivity (Wildman–Crippen MR) is 175 cm³/mol. The third kappa shape index (κ3) is 11.0. The maximum Gasteiger partial charge on any atom is 0.267 e. The molecule has 0 saturated carbocycles. The summed E-state index contributed by atoms with van der Waals surface area (Å²) in [7, 11) is -4.81. The van der Waals surface area contributed by atoms with Gasteiger partial charge in [-0.1, -0.05) is 45.9 Å². The van der Waals surface area contributed by atoms with Crippen LogP contribution in [0.2, 0.25) is 0 Å². The summed E-state index contributed by atoms with van der Waals surface area (Å²) in [5, 5.41) is 13.7. The van der Waals surface area contributed by atoms with Gasteiger partial charge in [-0.25, -0.2) is 0 Å². The zero-order valence-corrected chi connectivity index (χ0v) is 28.0. The second-order valence-corrected chi connectivity index (χ2v) is 14.2. The van der Waals surface area contributed by atoms with Crippen LogP contribution in [0.4, 0.5) is 0 Å². The second kappa shape index (κ2) is 16.7. The van der Waals surface area contributed by atoms with Crippen LogP contribution in [0.25, 0.3) is 10.9 Å². The largest absolute Gasteiger partial charge is 0.361 e. The van der Waals surface area contributed by atoms with Crippen molar-refractivity contribution in [1.82, 2.24) is 31.6 Å². The normalized spacial score (nSPS) is 23.8. The summed E-state index contributed by atoms with van der Waals surface area (Å²) < 4.78 is 33.6. The van der Waals surface area contributed by atoms with Crippen LogP contribution in [0.3, 0.4) is 0 Å². The van der Waals surface area contributed by atoms with Gasteiger partial charge in [0, 0.05) is 23.5 Å². The first-order chi connectivity index (χ1) is 22.1. The van der Waals surface area contributed by atoms with Crippen LogP contribution in [-0.2, 0) is 40.5 Å². The number of para-hydroxylation sites is 1. The van der Waals surface area contributed by atoms with Crippen molar-refractivity contribution in [2.45, 2.75) is 90.0 Å². The molecule has 1 fully saturated rings. The van der Waals surface area contributed by atoms with Gasteiger partial charge in [0.15, 0.2) is 0 Å². The number of H-pyrrole nitrogens is 1. The second-order valence-electron chi connectivity index (χ2n) is 12.7. The Morgan fingerprint density at radius 1 is 0.766 bits per heavy atom. The summed E-state index contributed by atoms with van der Waals surface area (Å²) in [5.41, 5.74) is 7.03. The number of hydrogen-bond acceptors (Lipinski definition) is 8. The first kappa shape index (κ1) is 37.4. The fraction of sp³-hybridized carbons (Fsp3) is 0.581. The molecule has 2 aromatic rings. The number of carbonyl (C=O) groups excluding carboxylic acids is 5. The molecule has 1 aliphatic rings. The van der Waals surface area contributed by atoms with Crippen LogP contribution < -0.4 is 32.3 Å². The Hall–Kier alpha value is -4.02. The molecule has 2 heterocycles. The average Bonchev–Trinajstić information content (AvgIpc) is 3.39. The van der Waals surface area contributed by atoms with Gasteiger partial charge in [0.2, 0.25) is 29.5 Å². The third-order valence-corrected chi connectivity index (χ3v) is 8.66. The van der Waals surface area contributed by atoms with E-state index in [1.54, 1.807) is 26.1 Å². The van der Waals surface area contributed by atoms with Gasteiger partial charge in [0.05, 0.1) is 0 Å². The van der Waals surface area contributed by atoms with E-state index in [4.69, 9.17) is 5.73 Å². The maximum absolute atomic E-state index is 13.8. The van der Waals surface area contributed by atoms with Crippen LogP contribution in [0.15, 0.2) is 30.5 Å². The number of amides is 5. The van der Waals surface area contributed by atoms with E-state index in [9.17, 15) is 36.9 Å². The van der Waals surface area contributed by atoms with Crippen LogP contribution >= 0.6 is 0 Å². The van der Waals surface area contributed by atoms with Crippen molar-refractivity contribution in [1.29, 1.82) is 0 Å². The van der Waals surface area contributed by atoms with E-state index >= 15 is 0 Å². The van der Waals surface area contributed by atoms with Crippen molar-refractivity contribution < 1.29 is 36.9 Å². The molecule has 1 saturated heterocycles. The molecule has 15 nitrogen and oxygen atoms in total. The number of nitrogens with two attached hydrogens (primary N) is 1. The number of carbonyl (C=O) groups is 5. The molecule has 0 aliphatic carbocycles. The monoisotopic (exact) mass is 677 g/mol. The molecule has 0 spiro atoms. The lowest BCUT2D eigenvalue weighted by atomic mass is 9.98. The van der Waals surface area contributed by atoms with Crippen molar-refractivity contribution >= 4 is 50.6 Å². The van der Waals surface area contributed by atoms with E-state index in [-0.39, 0.29) is 25.2 Å². The van der Waals surface area contributed by atoms with E-state index in [1.807, 2.05) is 32.0 Å². The molecule has 260 valence electrons. The van der Waals surface area contributed by atoms with Gasteiger partial charge < -0.3 is 37.3 Å². The number of benzene rings is 1. The standard InChI is InChI=1S/C31H47N7O8S/c1-17(2)13-23-28(40)35-24(14-19-15-33-21-10-6-5-9-20(19)21)29(41)37-25(16-47(44,45)46)30(42)34-22(11-7-8-12-32)27(39)38-26(18(3)4)31(43)36-23/h5-6,9-10,15,17-18,22-26,33H,7-8,11-14,16,32H2,1-4H3,(H,34,42)(H,35,40)(H,36,43)(H,37,41)(H,38,39)(H,44,45,46)/t22-,23-,24+,25+,26+/m0/s1. The molecule has 0 radical (unpaired) electrons. The van der Waals surface area contributed by atoms with E-state index in [0.29, 0.717) is 24.9 Å². The van der Waals surface area contributed by atoms with Gasteiger partial charge in [-0.15, -0.1) is 0 Å². The van der Waals surface area contributed by atoms with Crippen LogP contribution in [-0.4, -0.2) is 90.0 Å². The first-order valence-corrected chi connectivity index (χ1v) is 17.4. The van der Waals surface area contributed by atoms with Crippen molar-refractivity contribution in [3.05, 3.63) is 36.0 Å². The van der Waals surface area contributed by atoms with E-state index < -0.39 is 81.5 Å². The topological polar surface area (TPSA) is 242 Å². The molecular weight excluding hydrogens is 630 g/mol. The number of aromatic amines is 1. The molecule has 47 heavy (non-hydrogen) atoms. The van der Waals surface area contributed by atoms with Gasteiger partial charge in [-0.05, 0) is 55.7 Å². The molecule has 5 atom stereocenters. The Labute approximate surface area is 274 Å². The number of nitrogens with one attached hydrogen (secondary N) is 6. The highest BCUT2D eigenvalue weighted by Crippen LogP contribution is 2.20. The highest BCUT2D eigenvalue weighted by atomic mass is 32.2. The molecule has 9 N–H and O–H groups in total. The zero-order valence-electron chi connectivity index (χ0n) is 27.2. The summed E-state index contributed by atoms with van der Waals surface area (Å²) in [6.45, 7) is 7.45.